The van der Waals surface area contributed by atoms with E-state index in [4.69, 9.17) is 4.74 Å². The lowest BCUT2D eigenvalue weighted by molar-refractivity contribution is -0.120. The zero-order chi connectivity index (χ0) is 11.8. The Morgan fingerprint density at radius 2 is 2.19 bits per heavy atom. The molecule has 0 aromatic heterocycles. The normalized spacial score (nSPS) is 9.88. The Labute approximate surface area is 96.0 Å². The number of likely N-dealkylation sites (N-methyl/N-ethyl adjacent to an activating group) is 1. The number of rotatable bonds is 6. The van der Waals surface area contributed by atoms with E-state index in [0.717, 1.165) is 17.9 Å². The van der Waals surface area contributed by atoms with Gasteiger partial charge in [0, 0.05) is 13.1 Å². The topological polar surface area (TPSA) is 50.4 Å². The third-order valence-electron chi connectivity index (χ3n) is 2.20. The highest BCUT2D eigenvalue weighted by molar-refractivity contribution is 5.78. The highest BCUT2D eigenvalue weighted by atomic mass is 16.5. The van der Waals surface area contributed by atoms with Crippen molar-refractivity contribution in [2.24, 2.45) is 0 Å². The SMILES string of the molecule is CNCCNC(=O)Cc1cccc(OC)c1. The Bertz CT molecular complexity index is 340. The molecule has 0 aliphatic heterocycles. The van der Waals surface area contributed by atoms with Crippen LogP contribution in [0.3, 0.4) is 0 Å². The van der Waals surface area contributed by atoms with Gasteiger partial charge in [0.25, 0.3) is 0 Å². The largest absolute Gasteiger partial charge is 0.497 e. The van der Waals surface area contributed by atoms with Crippen molar-refractivity contribution in [1.82, 2.24) is 10.6 Å². The minimum Gasteiger partial charge on any atom is -0.497 e. The first kappa shape index (κ1) is 12.5. The van der Waals surface area contributed by atoms with E-state index in [2.05, 4.69) is 10.6 Å². The van der Waals surface area contributed by atoms with E-state index in [0.29, 0.717) is 13.0 Å². The summed E-state index contributed by atoms with van der Waals surface area (Å²) in [4.78, 5) is 11.5. The van der Waals surface area contributed by atoms with E-state index in [1.165, 1.54) is 0 Å². The summed E-state index contributed by atoms with van der Waals surface area (Å²) in [7, 11) is 3.47. The molecular formula is C12H18N2O2. The van der Waals surface area contributed by atoms with Crippen molar-refractivity contribution >= 4 is 5.91 Å². The molecule has 4 heteroatoms. The molecular weight excluding hydrogens is 204 g/mol. The Morgan fingerprint density at radius 3 is 2.88 bits per heavy atom. The van der Waals surface area contributed by atoms with E-state index in [1.807, 2.05) is 31.3 Å². The van der Waals surface area contributed by atoms with Gasteiger partial charge in [-0.05, 0) is 24.7 Å². The van der Waals surface area contributed by atoms with Gasteiger partial charge in [0.2, 0.25) is 5.91 Å². The standard InChI is InChI=1S/C12H18N2O2/c1-13-6-7-14-12(15)9-10-4-3-5-11(8-10)16-2/h3-5,8,13H,6-7,9H2,1-2H3,(H,14,15). The second-order valence-electron chi connectivity index (χ2n) is 3.48. The van der Waals surface area contributed by atoms with Crippen molar-refractivity contribution in [3.63, 3.8) is 0 Å². The van der Waals surface area contributed by atoms with Crippen LogP contribution in [0.5, 0.6) is 5.75 Å². The number of hydrogen-bond donors (Lipinski definition) is 2. The zero-order valence-electron chi connectivity index (χ0n) is 9.75. The smallest absolute Gasteiger partial charge is 0.224 e. The van der Waals surface area contributed by atoms with Crippen LogP contribution in [0.4, 0.5) is 0 Å². The lowest BCUT2D eigenvalue weighted by Crippen LogP contribution is -2.31. The van der Waals surface area contributed by atoms with Gasteiger partial charge in [-0.25, -0.2) is 0 Å². The lowest BCUT2D eigenvalue weighted by Gasteiger charge is -2.06. The predicted molar refractivity (Wildman–Crippen MR) is 63.6 cm³/mol. The molecule has 0 heterocycles. The first-order valence-electron chi connectivity index (χ1n) is 5.30. The molecule has 0 saturated carbocycles. The van der Waals surface area contributed by atoms with Crippen LogP contribution in [0.1, 0.15) is 5.56 Å². The predicted octanol–water partition coefficient (Wildman–Crippen LogP) is 0.573. The van der Waals surface area contributed by atoms with Crippen LogP contribution in [-0.2, 0) is 11.2 Å². The van der Waals surface area contributed by atoms with Crippen LogP contribution in [0.2, 0.25) is 0 Å². The van der Waals surface area contributed by atoms with Crippen molar-refractivity contribution < 1.29 is 9.53 Å². The molecule has 16 heavy (non-hydrogen) atoms. The summed E-state index contributed by atoms with van der Waals surface area (Å²) < 4.78 is 5.09. The Morgan fingerprint density at radius 1 is 1.38 bits per heavy atom. The summed E-state index contributed by atoms with van der Waals surface area (Å²) in [6.07, 6.45) is 0.390. The number of hydrogen-bond acceptors (Lipinski definition) is 3. The van der Waals surface area contributed by atoms with Crippen LogP contribution in [0.15, 0.2) is 24.3 Å². The highest BCUT2D eigenvalue weighted by Crippen LogP contribution is 2.12. The molecule has 1 amide bonds. The third-order valence-corrected chi connectivity index (χ3v) is 2.20. The summed E-state index contributed by atoms with van der Waals surface area (Å²) in [5.74, 6) is 0.809. The van der Waals surface area contributed by atoms with Crippen molar-refractivity contribution in [2.75, 3.05) is 27.2 Å². The minimum atomic E-state index is 0.0310. The maximum atomic E-state index is 11.5. The molecule has 0 radical (unpaired) electrons. The molecule has 1 rings (SSSR count). The summed E-state index contributed by atoms with van der Waals surface area (Å²) in [6.45, 7) is 1.43. The molecule has 0 fully saturated rings. The van der Waals surface area contributed by atoms with Crippen LogP contribution >= 0.6 is 0 Å². The molecule has 4 nitrogen and oxygen atoms in total. The Kier molecular flexibility index (Phi) is 5.36. The van der Waals surface area contributed by atoms with Crippen LogP contribution in [0.25, 0.3) is 0 Å². The van der Waals surface area contributed by atoms with Gasteiger partial charge in [0.15, 0.2) is 0 Å². The van der Waals surface area contributed by atoms with E-state index in [9.17, 15) is 4.79 Å². The van der Waals surface area contributed by atoms with E-state index >= 15 is 0 Å². The first-order valence-corrected chi connectivity index (χ1v) is 5.30. The van der Waals surface area contributed by atoms with Gasteiger partial charge in [-0.15, -0.1) is 0 Å². The van der Waals surface area contributed by atoms with Gasteiger partial charge in [0.1, 0.15) is 5.75 Å². The summed E-state index contributed by atoms with van der Waals surface area (Å²) in [5.41, 5.74) is 0.960. The number of ether oxygens (including phenoxy) is 1. The molecule has 0 bridgehead atoms. The van der Waals surface area contributed by atoms with E-state index < -0.39 is 0 Å². The fourth-order valence-corrected chi connectivity index (χ4v) is 1.36. The lowest BCUT2D eigenvalue weighted by atomic mass is 10.1. The molecule has 2 N–H and O–H groups in total. The number of methoxy groups -OCH3 is 1. The van der Waals surface area contributed by atoms with Gasteiger partial charge in [0.05, 0.1) is 13.5 Å². The molecule has 0 aliphatic rings. The maximum absolute atomic E-state index is 11.5. The Hall–Kier alpha value is -1.55. The van der Waals surface area contributed by atoms with Crippen molar-refractivity contribution in [2.45, 2.75) is 6.42 Å². The van der Waals surface area contributed by atoms with E-state index in [-0.39, 0.29) is 5.91 Å². The number of carbonyl (C=O) groups excluding carboxylic acids is 1. The first-order chi connectivity index (χ1) is 7.76. The molecule has 0 unspecified atom stereocenters. The van der Waals surface area contributed by atoms with Crippen LogP contribution in [-0.4, -0.2) is 33.2 Å². The third kappa shape index (κ3) is 4.31. The van der Waals surface area contributed by atoms with Crippen LogP contribution < -0.4 is 15.4 Å². The van der Waals surface area contributed by atoms with Crippen molar-refractivity contribution in [3.05, 3.63) is 29.8 Å². The maximum Gasteiger partial charge on any atom is 0.224 e. The molecule has 0 spiro atoms. The minimum absolute atomic E-state index is 0.0310. The van der Waals surface area contributed by atoms with E-state index in [1.54, 1.807) is 7.11 Å². The fourth-order valence-electron chi connectivity index (χ4n) is 1.36. The van der Waals surface area contributed by atoms with Gasteiger partial charge in [-0.3, -0.25) is 4.79 Å². The summed E-state index contributed by atoms with van der Waals surface area (Å²) in [5, 5.41) is 5.80. The van der Waals surface area contributed by atoms with Gasteiger partial charge in [-0.2, -0.15) is 0 Å². The second-order valence-corrected chi connectivity index (χ2v) is 3.48. The number of carbonyl (C=O) groups is 1. The second kappa shape index (κ2) is 6.85. The van der Waals surface area contributed by atoms with Gasteiger partial charge in [-0.1, -0.05) is 12.1 Å². The fraction of sp³-hybridized carbons (Fsp3) is 0.417. The Balaban J connectivity index is 2.43. The number of amides is 1. The quantitative estimate of drug-likeness (QED) is 0.692. The average Bonchev–Trinajstić information content (AvgIpc) is 2.29. The molecule has 88 valence electrons. The van der Waals surface area contributed by atoms with Crippen LogP contribution in [0, 0.1) is 0 Å². The summed E-state index contributed by atoms with van der Waals surface area (Å²) >= 11 is 0. The number of nitrogens with one attached hydrogen (secondary N) is 2. The van der Waals surface area contributed by atoms with Crippen molar-refractivity contribution in [1.29, 1.82) is 0 Å². The zero-order valence-corrected chi connectivity index (χ0v) is 9.75. The van der Waals surface area contributed by atoms with Crippen molar-refractivity contribution in [3.8, 4) is 5.75 Å². The molecule has 0 aliphatic carbocycles. The highest BCUT2D eigenvalue weighted by Gasteiger charge is 2.03. The molecule has 0 saturated heterocycles. The molecule has 0 atom stereocenters. The average molecular weight is 222 g/mol. The monoisotopic (exact) mass is 222 g/mol. The number of benzene rings is 1. The van der Waals surface area contributed by atoms with Gasteiger partial charge < -0.3 is 15.4 Å². The molecule has 1 aromatic rings. The summed E-state index contributed by atoms with van der Waals surface area (Å²) in [6, 6.07) is 7.54. The van der Waals surface area contributed by atoms with Gasteiger partial charge >= 0.3 is 0 Å². The molecule has 1 aromatic carbocycles.